The van der Waals surface area contributed by atoms with E-state index in [1.165, 1.54) is 5.56 Å². The van der Waals surface area contributed by atoms with E-state index in [1.54, 1.807) is 6.20 Å². The Labute approximate surface area is 141 Å². The van der Waals surface area contributed by atoms with Gasteiger partial charge in [-0.15, -0.1) is 0 Å². The highest BCUT2D eigenvalue weighted by atomic mass is 16.7. The molecule has 3 heterocycles. The third-order valence-electron chi connectivity index (χ3n) is 4.58. The van der Waals surface area contributed by atoms with Crippen LogP contribution in [-0.2, 0) is 9.47 Å². The van der Waals surface area contributed by atoms with Gasteiger partial charge in [0.1, 0.15) is 5.82 Å². The van der Waals surface area contributed by atoms with Gasteiger partial charge < -0.3 is 19.7 Å². The second-order valence-corrected chi connectivity index (χ2v) is 6.33. The normalized spacial score (nSPS) is 19.6. The van der Waals surface area contributed by atoms with Crippen molar-refractivity contribution >= 4 is 17.5 Å². The molecule has 0 saturated carbocycles. The summed E-state index contributed by atoms with van der Waals surface area (Å²) < 4.78 is 11.6. The van der Waals surface area contributed by atoms with Crippen LogP contribution in [0.1, 0.15) is 18.4 Å². The largest absolute Gasteiger partial charge is 0.356 e. The maximum Gasteiger partial charge on any atom is 0.229 e. The van der Waals surface area contributed by atoms with Gasteiger partial charge in [0.15, 0.2) is 5.79 Å². The van der Waals surface area contributed by atoms with Gasteiger partial charge in [0.2, 0.25) is 5.95 Å². The van der Waals surface area contributed by atoms with E-state index in [1.807, 2.05) is 18.2 Å². The van der Waals surface area contributed by atoms with E-state index < -0.39 is 0 Å². The summed E-state index contributed by atoms with van der Waals surface area (Å²) in [5.74, 6) is 1.20. The van der Waals surface area contributed by atoms with E-state index in [0.717, 1.165) is 37.4 Å². The molecule has 2 saturated heterocycles. The van der Waals surface area contributed by atoms with Crippen LogP contribution in [0.4, 0.5) is 17.5 Å². The van der Waals surface area contributed by atoms with Crippen molar-refractivity contribution in [2.24, 2.45) is 0 Å². The molecule has 2 aliphatic rings. The number of anilines is 3. The molecule has 0 unspecified atom stereocenters. The fourth-order valence-electron chi connectivity index (χ4n) is 3.30. The summed E-state index contributed by atoms with van der Waals surface area (Å²) in [6.45, 7) is 5.23. The average molecular weight is 326 g/mol. The molecule has 0 aliphatic carbocycles. The van der Waals surface area contributed by atoms with E-state index in [4.69, 9.17) is 9.47 Å². The number of nitrogens with one attached hydrogen (secondary N) is 1. The van der Waals surface area contributed by atoms with E-state index >= 15 is 0 Å². The van der Waals surface area contributed by atoms with Crippen molar-refractivity contribution in [3.8, 4) is 0 Å². The van der Waals surface area contributed by atoms with Crippen LogP contribution >= 0.6 is 0 Å². The molecule has 1 aromatic heterocycles. The van der Waals surface area contributed by atoms with Gasteiger partial charge in [-0.2, -0.15) is 4.98 Å². The van der Waals surface area contributed by atoms with Crippen LogP contribution in [0.25, 0.3) is 0 Å². The first-order valence-corrected chi connectivity index (χ1v) is 8.42. The Morgan fingerprint density at radius 3 is 2.67 bits per heavy atom. The highest BCUT2D eigenvalue weighted by Crippen LogP contribution is 2.32. The van der Waals surface area contributed by atoms with E-state index in [9.17, 15) is 0 Å². The minimum atomic E-state index is -0.355. The maximum absolute atomic E-state index is 5.79. The lowest BCUT2D eigenvalue weighted by atomic mass is 10.0. The average Bonchev–Trinajstić information content (AvgIpc) is 3.04. The van der Waals surface area contributed by atoms with Crippen molar-refractivity contribution in [2.45, 2.75) is 25.6 Å². The predicted molar refractivity (Wildman–Crippen MR) is 92.6 cm³/mol. The quantitative estimate of drug-likeness (QED) is 0.936. The number of piperidine rings is 1. The number of hydrogen-bond donors (Lipinski definition) is 1. The highest BCUT2D eigenvalue weighted by Gasteiger charge is 2.40. The molecule has 1 N–H and O–H groups in total. The topological polar surface area (TPSA) is 59.5 Å². The Hall–Kier alpha value is -2.18. The molecule has 4 rings (SSSR count). The van der Waals surface area contributed by atoms with Gasteiger partial charge >= 0.3 is 0 Å². The van der Waals surface area contributed by atoms with Crippen LogP contribution in [0.15, 0.2) is 36.5 Å². The first-order chi connectivity index (χ1) is 11.7. The maximum atomic E-state index is 5.79. The molecule has 0 atom stereocenters. The van der Waals surface area contributed by atoms with Gasteiger partial charge in [-0.3, -0.25) is 0 Å². The van der Waals surface area contributed by atoms with Crippen molar-refractivity contribution in [3.63, 3.8) is 0 Å². The Kier molecular flexibility index (Phi) is 4.08. The monoisotopic (exact) mass is 326 g/mol. The predicted octanol–water partition coefficient (Wildman–Crippen LogP) is 2.87. The molecular formula is C18H22N4O2. The van der Waals surface area contributed by atoms with Crippen LogP contribution in [0.5, 0.6) is 0 Å². The van der Waals surface area contributed by atoms with Gasteiger partial charge in [0.25, 0.3) is 0 Å². The van der Waals surface area contributed by atoms with Crippen LogP contribution < -0.4 is 10.2 Å². The summed E-state index contributed by atoms with van der Waals surface area (Å²) in [6, 6.07) is 10.1. The number of aromatic nitrogens is 2. The second-order valence-electron chi connectivity index (χ2n) is 6.33. The zero-order valence-electron chi connectivity index (χ0n) is 13.9. The lowest BCUT2D eigenvalue weighted by Gasteiger charge is -2.38. The smallest absolute Gasteiger partial charge is 0.229 e. The van der Waals surface area contributed by atoms with Crippen LogP contribution in [0, 0.1) is 6.92 Å². The molecule has 24 heavy (non-hydrogen) atoms. The van der Waals surface area contributed by atoms with E-state index in [-0.39, 0.29) is 5.79 Å². The minimum Gasteiger partial charge on any atom is -0.356 e. The van der Waals surface area contributed by atoms with Crippen LogP contribution in [0.2, 0.25) is 0 Å². The molecular weight excluding hydrogens is 304 g/mol. The molecule has 2 aliphatic heterocycles. The highest BCUT2D eigenvalue weighted by molar-refractivity contribution is 5.56. The summed E-state index contributed by atoms with van der Waals surface area (Å²) in [5.41, 5.74) is 2.20. The lowest BCUT2D eigenvalue weighted by molar-refractivity contribution is -0.169. The molecule has 126 valence electrons. The molecule has 1 aromatic carbocycles. The number of nitrogens with zero attached hydrogens (tertiary/aromatic N) is 3. The van der Waals surface area contributed by atoms with Crippen molar-refractivity contribution in [1.82, 2.24) is 9.97 Å². The number of benzene rings is 1. The molecule has 1 spiro atoms. The summed E-state index contributed by atoms with van der Waals surface area (Å²) in [6.07, 6.45) is 3.54. The Morgan fingerprint density at radius 2 is 1.92 bits per heavy atom. The number of aryl methyl sites for hydroxylation is 1. The first kappa shape index (κ1) is 15.4. The summed E-state index contributed by atoms with van der Waals surface area (Å²) in [5, 5.41) is 3.27. The molecule has 6 nitrogen and oxygen atoms in total. The zero-order valence-corrected chi connectivity index (χ0v) is 13.9. The number of ether oxygens (including phenoxy) is 2. The lowest BCUT2D eigenvalue weighted by Crippen LogP contribution is -2.45. The Bertz CT molecular complexity index is 706. The van der Waals surface area contributed by atoms with Gasteiger partial charge in [-0.05, 0) is 30.7 Å². The van der Waals surface area contributed by atoms with E-state index in [0.29, 0.717) is 19.2 Å². The number of hydrogen-bond acceptors (Lipinski definition) is 6. The fourth-order valence-corrected chi connectivity index (χ4v) is 3.30. The molecule has 0 amide bonds. The molecule has 0 radical (unpaired) electrons. The number of rotatable bonds is 3. The molecule has 2 fully saturated rings. The van der Waals surface area contributed by atoms with Gasteiger partial charge in [-0.25, -0.2) is 4.98 Å². The van der Waals surface area contributed by atoms with Gasteiger partial charge in [-0.1, -0.05) is 12.1 Å². The first-order valence-electron chi connectivity index (χ1n) is 8.42. The third-order valence-corrected chi connectivity index (χ3v) is 4.58. The van der Waals surface area contributed by atoms with Crippen molar-refractivity contribution in [1.29, 1.82) is 0 Å². The van der Waals surface area contributed by atoms with Crippen LogP contribution in [0.3, 0.4) is 0 Å². The molecule has 0 bridgehead atoms. The van der Waals surface area contributed by atoms with E-state index in [2.05, 4.69) is 39.2 Å². The second kappa shape index (κ2) is 6.37. The third kappa shape index (κ3) is 3.20. The zero-order chi connectivity index (χ0) is 16.4. The van der Waals surface area contributed by atoms with Crippen molar-refractivity contribution in [2.75, 3.05) is 36.5 Å². The van der Waals surface area contributed by atoms with Gasteiger partial charge in [0, 0.05) is 37.8 Å². The Morgan fingerprint density at radius 1 is 1.12 bits per heavy atom. The molecule has 2 aromatic rings. The summed E-state index contributed by atoms with van der Waals surface area (Å²) >= 11 is 0. The van der Waals surface area contributed by atoms with Crippen molar-refractivity contribution in [3.05, 3.63) is 42.1 Å². The standard InChI is InChI=1S/C18H22N4O2/c1-14-3-2-4-15(13-14)20-17-19-8-5-16(21-17)22-9-6-18(7-10-22)23-11-12-24-18/h2-5,8,13H,6-7,9-12H2,1H3,(H,19,20,21). The summed E-state index contributed by atoms with van der Waals surface area (Å²) in [7, 11) is 0. The SMILES string of the molecule is Cc1cccc(Nc2nccc(N3CCC4(CC3)OCCO4)n2)c1. The van der Waals surface area contributed by atoms with Crippen LogP contribution in [-0.4, -0.2) is 42.1 Å². The van der Waals surface area contributed by atoms with Crippen molar-refractivity contribution < 1.29 is 9.47 Å². The van der Waals surface area contributed by atoms with Gasteiger partial charge in [0.05, 0.1) is 13.2 Å². The summed E-state index contributed by atoms with van der Waals surface area (Å²) in [4.78, 5) is 11.3. The Balaban J connectivity index is 1.45. The fraction of sp³-hybridized carbons (Fsp3) is 0.444. The minimum absolute atomic E-state index is 0.355. The molecule has 6 heteroatoms.